The molecule has 3 unspecified atom stereocenters. The van der Waals surface area contributed by atoms with Gasteiger partial charge < -0.3 is 30.7 Å². The summed E-state index contributed by atoms with van der Waals surface area (Å²) in [5.41, 5.74) is 13.8. The second kappa shape index (κ2) is 12.0. The zero-order valence-corrected chi connectivity index (χ0v) is 27.9. The van der Waals surface area contributed by atoms with Crippen LogP contribution in [0.5, 0.6) is 0 Å². The zero-order valence-electron chi connectivity index (χ0n) is 27.9. The molecule has 0 aliphatic carbocycles. The lowest BCUT2D eigenvalue weighted by Gasteiger charge is -2.33. The third-order valence-electron chi connectivity index (χ3n) is 10.2. The Balaban J connectivity index is 1.17. The van der Waals surface area contributed by atoms with E-state index in [4.69, 9.17) is 0 Å². The summed E-state index contributed by atoms with van der Waals surface area (Å²) in [4.78, 5) is 7.28. The molecule has 6 heteroatoms. The third kappa shape index (κ3) is 4.95. The van der Waals surface area contributed by atoms with E-state index < -0.39 is 0 Å². The van der Waals surface area contributed by atoms with Gasteiger partial charge in [-0.3, -0.25) is 0 Å². The quantitative estimate of drug-likeness (QED) is 0.165. The molecule has 3 aliphatic rings. The first-order chi connectivity index (χ1) is 25.3. The highest BCUT2D eigenvalue weighted by molar-refractivity contribution is 5.86. The van der Waals surface area contributed by atoms with E-state index in [0.717, 1.165) is 51.2 Å². The molecule has 10 rings (SSSR count). The molecule has 0 saturated carbocycles. The van der Waals surface area contributed by atoms with Crippen molar-refractivity contribution in [3.05, 3.63) is 199 Å². The van der Waals surface area contributed by atoms with Crippen LogP contribution in [-0.2, 0) is 0 Å². The van der Waals surface area contributed by atoms with Gasteiger partial charge in [-0.05, 0) is 108 Å². The topological polar surface area (TPSA) is 45.8 Å². The number of nitrogens with zero attached hydrogens (tertiary/aromatic N) is 3. The van der Waals surface area contributed by atoms with Crippen LogP contribution in [0.2, 0.25) is 0 Å². The molecular weight excluding hydrogens is 625 g/mol. The first-order valence-corrected chi connectivity index (χ1v) is 17.5. The minimum atomic E-state index is -0.133. The summed E-state index contributed by atoms with van der Waals surface area (Å²) in [5.74, 6) is 0. The summed E-state index contributed by atoms with van der Waals surface area (Å²) in [7, 11) is 0. The highest BCUT2D eigenvalue weighted by Gasteiger charge is 2.37. The van der Waals surface area contributed by atoms with Crippen molar-refractivity contribution in [2.75, 3.05) is 30.7 Å². The Bertz CT molecular complexity index is 2070. The van der Waals surface area contributed by atoms with Crippen LogP contribution in [0, 0.1) is 0 Å². The number of hydrogen-bond donors (Lipinski definition) is 3. The van der Waals surface area contributed by atoms with Gasteiger partial charge in [0.25, 0.3) is 0 Å². The molecule has 0 spiro atoms. The number of para-hydroxylation sites is 9. The minimum Gasteiger partial charge on any atom is -0.359 e. The predicted octanol–water partition coefficient (Wildman–Crippen LogP) is 11.5. The standard InChI is InChI=1S/C45H36N6/c1-4-16-34(17-5-1)49-40-25-13-10-22-37(40)46-43(49)31-28-32(44-47-38-23-11-14-26-41(38)50(44)35-18-6-2-7-19-35)30-33(29-31)45-48-39-24-12-15-27-42(39)51(45)36-20-8-3-9-21-36/h1-30,43-48H. The maximum Gasteiger partial charge on any atom is 0.130 e. The number of nitrogens with one attached hydrogen (secondary N) is 3. The number of fused-ring (bicyclic) bond motifs is 3. The van der Waals surface area contributed by atoms with E-state index in [-0.39, 0.29) is 18.5 Å². The molecule has 0 aromatic heterocycles. The number of rotatable bonds is 6. The Labute approximate surface area is 298 Å². The van der Waals surface area contributed by atoms with E-state index in [1.165, 1.54) is 16.7 Å². The van der Waals surface area contributed by atoms with Crippen LogP contribution in [0.1, 0.15) is 35.2 Å². The second-order valence-corrected chi connectivity index (χ2v) is 13.2. The van der Waals surface area contributed by atoms with Gasteiger partial charge in [0, 0.05) is 17.1 Å². The number of anilines is 9. The molecule has 3 N–H and O–H groups in total. The Morgan fingerprint density at radius 1 is 0.294 bits per heavy atom. The summed E-state index contributed by atoms with van der Waals surface area (Å²) in [6.45, 7) is 0. The largest absolute Gasteiger partial charge is 0.359 e. The van der Waals surface area contributed by atoms with E-state index in [1.54, 1.807) is 0 Å². The monoisotopic (exact) mass is 660 g/mol. The fourth-order valence-electron chi connectivity index (χ4n) is 7.97. The van der Waals surface area contributed by atoms with Crippen molar-refractivity contribution in [2.24, 2.45) is 0 Å². The van der Waals surface area contributed by atoms with Crippen LogP contribution in [-0.4, -0.2) is 0 Å². The predicted molar refractivity (Wildman–Crippen MR) is 211 cm³/mol. The van der Waals surface area contributed by atoms with E-state index in [1.807, 2.05) is 0 Å². The van der Waals surface area contributed by atoms with Crippen LogP contribution in [0.4, 0.5) is 51.2 Å². The minimum absolute atomic E-state index is 0.133. The molecule has 246 valence electrons. The second-order valence-electron chi connectivity index (χ2n) is 13.2. The van der Waals surface area contributed by atoms with Crippen molar-refractivity contribution in [1.82, 2.24) is 0 Å². The molecule has 7 aromatic carbocycles. The lowest BCUT2D eigenvalue weighted by Crippen LogP contribution is -2.28. The van der Waals surface area contributed by atoms with Crippen molar-refractivity contribution in [2.45, 2.75) is 18.5 Å². The first-order valence-electron chi connectivity index (χ1n) is 17.5. The van der Waals surface area contributed by atoms with Crippen molar-refractivity contribution in [3.8, 4) is 0 Å². The average Bonchev–Trinajstić information content (AvgIpc) is 3.91. The fourth-order valence-corrected chi connectivity index (χ4v) is 7.97. The van der Waals surface area contributed by atoms with Gasteiger partial charge in [0.1, 0.15) is 18.5 Å². The van der Waals surface area contributed by atoms with Crippen LogP contribution in [0.25, 0.3) is 0 Å². The molecular formula is C45H36N6. The fraction of sp³-hybridized carbons (Fsp3) is 0.0667. The number of hydrogen-bond acceptors (Lipinski definition) is 6. The van der Waals surface area contributed by atoms with E-state index >= 15 is 0 Å². The van der Waals surface area contributed by atoms with Gasteiger partial charge in [0.05, 0.1) is 34.1 Å². The summed E-state index contributed by atoms with van der Waals surface area (Å²) >= 11 is 0. The lowest BCUT2D eigenvalue weighted by molar-refractivity contribution is 0.775. The van der Waals surface area contributed by atoms with Crippen LogP contribution in [0.3, 0.4) is 0 Å². The smallest absolute Gasteiger partial charge is 0.130 e. The zero-order chi connectivity index (χ0) is 33.7. The lowest BCUT2D eigenvalue weighted by atomic mass is 9.98. The highest BCUT2D eigenvalue weighted by Crippen LogP contribution is 2.51. The Morgan fingerprint density at radius 2 is 0.549 bits per heavy atom. The van der Waals surface area contributed by atoms with Crippen molar-refractivity contribution in [3.63, 3.8) is 0 Å². The van der Waals surface area contributed by atoms with E-state index in [2.05, 4.69) is 213 Å². The van der Waals surface area contributed by atoms with Gasteiger partial charge in [0.15, 0.2) is 0 Å². The van der Waals surface area contributed by atoms with Crippen molar-refractivity contribution < 1.29 is 0 Å². The van der Waals surface area contributed by atoms with Gasteiger partial charge in [0.2, 0.25) is 0 Å². The van der Waals surface area contributed by atoms with Gasteiger partial charge >= 0.3 is 0 Å². The van der Waals surface area contributed by atoms with E-state index in [9.17, 15) is 0 Å². The average molecular weight is 661 g/mol. The van der Waals surface area contributed by atoms with Gasteiger partial charge in [-0.25, -0.2) is 0 Å². The molecule has 6 nitrogen and oxygen atoms in total. The Kier molecular flexibility index (Phi) is 6.91. The Hall–Kier alpha value is -6.66. The van der Waals surface area contributed by atoms with Crippen LogP contribution >= 0.6 is 0 Å². The van der Waals surface area contributed by atoms with Gasteiger partial charge in [-0.1, -0.05) is 91.0 Å². The maximum atomic E-state index is 3.91. The Morgan fingerprint density at radius 3 is 0.843 bits per heavy atom. The summed E-state index contributed by atoms with van der Waals surface area (Å²) in [6.07, 6.45) is -0.399. The maximum absolute atomic E-state index is 3.91. The summed E-state index contributed by atoms with van der Waals surface area (Å²) in [6, 6.07) is 65.1. The highest BCUT2D eigenvalue weighted by atomic mass is 15.4. The van der Waals surface area contributed by atoms with Crippen LogP contribution < -0.4 is 30.7 Å². The van der Waals surface area contributed by atoms with Crippen molar-refractivity contribution in [1.29, 1.82) is 0 Å². The summed E-state index contributed by atoms with van der Waals surface area (Å²) < 4.78 is 0. The molecule has 7 aromatic rings. The van der Waals surface area contributed by atoms with Gasteiger partial charge in [-0.2, -0.15) is 0 Å². The van der Waals surface area contributed by atoms with Crippen molar-refractivity contribution >= 4 is 51.2 Å². The first kappa shape index (κ1) is 29.3. The van der Waals surface area contributed by atoms with E-state index in [0.29, 0.717) is 0 Å². The molecule has 51 heavy (non-hydrogen) atoms. The molecule has 0 radical (unpaired) electrons. The molecule has 0 saturated heterocycles. The van der Waals surface area contributed by atoms with Gasteiger partial charge in [-0.15, -0.1) is 0 Å². The number of benzene rings is 7. The summed E-state index contributed by atoms with van der Waals surface area (Å²) in [5, 5.41) is 11.7. The molecule has 3 aliphatic heterocycles. The molecule has 3 heterocycles. The molecule has 3 atom stereocenters. The molecule has 0 fully saturated rings. The normalized spacial score (nSPS) is 18.4. The molecule has 0 bridgehead atoms. The van der Waals surface area contributed by atoms with Crippen LogP contribution in [0.15, 0.2) is 182 Å². The molecule has 0 amide bonds. The SMILES string of the molecule is c1ccc(N2c3ccccc3NC2c2cc(C3Nc4ccccc4N3c3ccccc3)cc(C3Nc4ccccc4N3c3ccccc3)c2)cc1. The third-order valence-corrected chi connectivity index (χ3v) is 10.2.